The minimum Gasteiger partial charge on any atom is -0.207 e. The lowest BCUT2D eigenvalue weighted by molar-refractivity contribution is 0.627. The molecule has 1 aliphatic carbocycles. The zero-order valence-electron chi connectivity index (χ0n) is 10.5. The first kappa shape index (κ1) is 12.4. The van der Waals surface area contributed by atoms with E-state index in [1.165, 1.54) is 28.8 Å². The van der Waals surface area contributed by atoms with Crippen molar-refractivity contribution in [2.75, 3.05) is 0 Å². The molecule has 2 aromatic carbocycles. The molecule has 0 aromatic heterocycles. The van der Waals surface area contributed by atoms with Gasteiger partial charge in [-0.25, -0.2) is 4.39 Å². The fraction of sp³-hybridized carbons (Fsp3) is 0.176. The second kappa shape index (κ2) is 5.18. The average Bonchev–Trinajstić information content (AvgIpc) is 2.42. The van der Waals surface area contributed by atoms with Crippen LogP contribution in [0.25, 0.3) is 6.08 Å². The molecule has 0 heterocycles. The Kier molecular flexibility index (Phi) is 3.39. The van der Waals surface area contributed by atoms with Gasteiger partial charge in [0.25, 0.3) is 0 Å². The van der Waals surface area contributed by atoms with E-state index in [1.807, 2.05) is 0 Å². The van der Waals surface area contributed by atoms with Crippen LogP contribution in [-0.2, 0) is 12.8 Å². The molecule has 0 amide bonds. The van der Waals surface area contributed by atoms with Crippen LogP contribution in [0.1, 0.15) is 28.7 Å². The molecule has 0 saturated heterocycles. The lowest BCUT2D eigenvalue weighted by atomic mass is 9.93. The number of fused-ring (bicyclic) bond motifs is 1. The van der Waals surface area contributed by atoms with Gasteiger partial charge in [0.1, 0.15) is 5.82 Å². The first-order chi connectivity index (χ1) is 9.22. The number of hydrogen-bond donors (Lipinski definition) is 0. The summed E-state index contributed by atoms with van der Waals surface area (Å²) in [6.07, 6.45) is 7.35. The summed E-state index contributed by atoms with van der Waals surface area (Å²) >= 11 is 6.07. The Hall–Kier alpha value is -1.60. The largest absolute Gasteiger partial charge is 0.207 e. The van der Waals surface area contributed by atoms with Gasteiger partial charge in [-0.2, -0.15) is 0 Å². The van der Waals surface area contributed by atoms with Crippen molar-refractivity contribution in [3.8, 4) is 0 Å². The highest BCUT2D eigenvalue weighted by molar-refractivity contribution is 6.31. The van der Waals surface area contributed by atoms with Gasteiger partial charge in [0, 0.05) is 5.02 Å². The van der Waals surface area contributed by atoms with Crippen LogP contribution in [-0.4, -0.2) is 0 Å². The van der Waals surface area contributed by atoms with Gasteiger partial charge < -0.3 is 0 Å². The maximum absolute atomic E-state index is 13.0. The molecule has 0 aliphatic heterocycles. The molecule has 0 spiro atoms. The first-order valence-electron chi connectivity index (χ1n) is 6.44. The van der Waals surface area contributed by atoms with Crippen LogP contribution in [0, 0.1) is 5.82 Å². The molecular formula is C17H14ClF. The third kappa shape index (κ3) is 2.71. The second-order valence-corrected chi connectivity index (χ2v) is 5.29. The van der Waals surface area contributed by atoms with Crippen molar-refractivity contribution in [2.45, 2.75) is 19.3 Å². The second-order valence-electron chi connectivity index (χ2n) is 4.89. The van der Waals surface area contributed by atoms with E-state index in [9.17, 15) is 4.39 Å². The summed E-state index contributed by atoms with van der Waals surface area (Å²) in [5, 5.41) is 0.494. The van der Waals surface area contributed by atoms with Crippen LogP contribution >= 0.6 is 11.6 Å². The molecule has 19 heavy (non-hydrogen) atoms. The monoisotopic (exact) mass is 272 g/mol. The molecule has 0 radical (unpaired) electrons. The number of benzene rings is 2. The molecule has 0 nitrogen and oxygen atoms in total. The Morgan fingerprint density at radius 1 is 1.11 bits per heavy atom. The summed E-state index contributed by atoms with van der Waals surface area (Å²) in [5.41, 5.74) is 4.86. The normalized spacial score (nSPS) is 13.4. The van der Waals surface area contributed by atoms with Gasteiger partial charge >= 0.3 is 0 Å². The van der Waals surface area contributed by atoms with Crippen molar-refractivity contribution in [2.24, 2.45) is 0 Å². The summed E-state index contributed by atoms with van der Waals surface area (Å²) in [6.45, 7) is 0. The Bertz CT molecular complexity index is 644. The number of aryl methyl sites for hydroxylation is 1. The van der Waals surface area contributed by atoms with Crippen molar-refractivity contribution in [1.29, 1.82) is 0 Å². The molecule has 0 N–H and O–H groups in total. The van der Waals surface area contributed by atoms with Crippen LogP contribution in [0.4, 0.5) is 4.39 Å². The smallest absolute Gasteiger partial charge is 0.124 e. The zero-order valence-corrected chi connectivity index (χ0v) is 11.3. The Morgan fingerprint density at radius 2 is 2.00 bits per heavy atom. The quantitative estimate of drug-likeness (QED) is 0.719. The lowest BCUT2D eigenvalue weighted by Crippen LogP contribution is -1.97. The van der Waals surface area contributed by atoms with Crippen LogP contribution in [0.2, 0.25) is 5.02 Å². The Morgan fingerprint density at radius 3 is 2.84 bits per heavy atom. The molecule has 0 unspecified atom stereocenters. The number of allylic oxidation sites excluding steroid dienone is 1. The van der Waals surface area contributed by atoms with Crippen molar-refractivity contribution in [3.05, 3.63) is 75.6 Å². The lowest BCUT2D eigenvalue weighted by Gasteiger charge is -2.12. The standard InChI is InChI=1S/C17H14ClF/c18-17-11-16(19)8-7-15(17)10-12-5-6-13-3-1-2-4-14(13)9-12/h2,4-9,11H,1,3,10H2. The minimum absolute atomic E-state index is 0.290. The van der Waals surface area contributed by atoms with Crippen LogP contribution in [0.15, 0.2) is 42.5 Å². The maximum Gasteiger partial charge on any atom is 0.124 e. The number of hydrogen-bond acceptors (Lipinski definition) is 0. The summed E-state index contributed by atoms with van der Waals surface area (Å²) in [4.78, 5) is 0. The maximum atomic E-state index is 13.0. The Labute approximate surface area is 117 Å². The van der Waals surface area contributed by atoms with Crippen molar-refractivity contribution < 1.29 is 4.39 Å². The van der Waals surface area contributed by atoms with Gasteiger partial charge in [0.05, 0.1) is 0 Å². The van der Waals surface area contributed by atoms with Crippen LogP contribution in [0.3, 0.4) is 0 Å². The van der Waals surface area contributed by atoms with Gasteiger partial charge in [0.15, 0.2) is 0 Å². The van der Waals surface area contributed by atoms with E-state index in [0.717, 1.165) is 24.8 Å². The molecule has 0 saturated carbocycles. The summed E-state index contributed by atoms with van der Waals surface area (Å²) < 4.78 is 13.0. The van der Waals surface area contributed by atoms with Crippen molar-refractivity contribution >= 4 is 17.7 Å². The fourth-order valence-electron chi connectivity index (χ4n) is 2.47. The van der Waals surface area contributed by atoms with Gasteiger partial charge in [-0.15, -0.1) is 0 Å². The van der Waals surface area contributed by atoms with Gasteiger partial charge in [-0.1, -0.05) is 48.0 Å². The van der Waals surface area contributed by atoms with Gasteiger partial charge in [-0.3, -0.25) is 0 Å². The van der Waals surface area contributed by atoms with Crippen molar-refractivity contribution in [1.82, 2.24) is 0 Å². The molecule has 0 atom stereocenters. The third-order valence-corrected chi connectivity index (χ3v) is 3.85. The predicted molar refractivity (Wildman–Crippen MR) is 78.0 cm³/mol. The highest BCUT2D eigenvalue weighted by atomic mass is 35.5. The van der Waals surface area contributed by atoms with Crippen molar-refractivity contribution in [3.63, 3.8) is 0 Å². The Balaban J connectivity index is 1.89. The van der Waals surface area contributed by atoms with Gasteiger partial charge in [-0.05, 0) is 53.6 Å². The SMILES string of the molecule is Fc1ccc(Cc2ccc3c(c2)C=CCC3)c(Cl)c1. The molecular weight excluding hydrogens is 259 g/mol. The average molecular weight is 273 g/mol. The number of halogens is 2. The molecule has 0 fully saturated rings. The van der Waals surface area contributed by atoms with E-state index in [4.69, 9.17) is 11.6 Å². The van der Waals surface area contributed by atoms with E-state index in [2.05, 4.69) is 30.4 Å². The highest BCUT2D eigenvalue weighted by Crippen LogP contribution is 2.24. The third-order valence-electron chi connectivity index (χ3n) is 3.50. The molecule has 2 heteroatoms. The minimum atomic E-state index is -0.290. The molecule has 96 valence electrons. The summed E-state index contributed by atoms with van der Waals surface area (Å²) in [5.74, 6) is -0.290. The fourth-order valence-corrected chi connectivity index (χ4v) is 2.71. The van der Waals surface area contributed by atoms with Crippen LogP contribution in [0.5, 0.6) is 0 Å². The van der Waals surface area contributed by atoms with E-state index in [1.54, 1.807) is 6.07 Å². The molecule has 2 aromatic rings. The van der Waals surface area contributed by atoms with E-state index >= 15 is 0 Å². The van der Waals surface area contributed by atoms with E-state index in [-0.39, 0.29) is 5.82 Å². The van der Waals surface area contributed by atoms with Crippen LogP contribution < -0.4 is 0 Å². The first-order valence-corrected chi connectivity index (χ1v) is 6.82. The highest BCUT2D eigenvalue weighted by Gasteiger charge is 2.07. The zero-order chi connectivity index (χ0) is 13.2. The van der Waals surface area contributed by atoms with Gasteiger partial charge in [0.2, 0.25) is 0 Å². The van der Waals surface area contributed by atoms with E-state index in [0.29, 0.717) is 5.02 Å². The summed E-state index contributed by atoms with van der Waals surface area (Å²) in [7, 11) is 0. The summed E-state index contributed by atoms with van der Waals surface area (Å²) in [6, 6.07) is 11.1. The molecule has 3 rings (SSSR count). The topological polar surface area (TPSA) is 0 Å². The van der Waals surface area contributed by atoms with E-state index < -0.39 is 0 Å². The predicted octanol–water partition coefficient (Wildman–Crippen LogP) is 5.03. The molecule has 0 bridgehead atoms. The number of rotatable bonds is 2. The molecule has 1 aliphatic rings.